The minimum absolute atomic E-state index is 0.111. The summed E-state index contributed by atoms with van der Waals surface area (Å²) in [6.07, 6.45) is 3.95. The highest BCUT2D eigenvalue weighted by Gasteiger charge is 2.29. The second-order valence-corrected chi connectivity index (χ2v) is 5.66. The molecule has 1 amide bonds. The maximum absolute atomic E-state index is 12.5. The normalized spacial score (nSPS) is 24.8. The molecule has 0 spiro atoms. The van der Waals surface area contributed by atoms with E-state index in [0.717, 1.165) is 25.7 Å². The zero-order valence-electron chi connectivity index (χ0n) is 11.9. The molecular formula is C16H24N2O. The van der Waals surface area contributed by atoms with Gasteiger partial charge in [-0.15, -0.1) is 0 Å². The number of rotatable bonds is 3. The number of nitrogens with zero attached hydrogens (tertiary/aromatic N) is 1. The highest BCUT2D eigenvalue weighted by atomic mass is 16.2. The molecule has 1 aliphatic carbocycles. The van der Waals surface area contributed by atoms with Crippen LogP contribution < -0.4 is 5.73 Å². The Morgan fingerprint density at radius 2 is 2.00 bits per heavy atom. The first kappa shape index (κ1) is 14.1. The Morgan fingerprint density at radius 3 is 2.63 bits per heavy atom. The molecule has 0 heterocycles. The Hall–Kier alpha value is -1.35. The predicted molar refractivity (Wildman–Crippen MR) is 77.6 cm³/mol. The van der Waals surface area contributed by atoms with Gasteiger partial charge in [-0.05, 0) is 31.7 Å². The monoisotopic (exact) mass is 260 g/mol. The first-order valence-corrected chi connectivity index (χ1v) is 7.16. The first-order valence-electron chi connectivity index (χ1n) is 7.16. The van der Waals surface area contributed by atoms with Crippen LogP contribution in [0.4, 0.5) is 0 Å². The van der Waals surface area contributed by atoms with Crippen LogP contribution in [-0.2, 0) is 4.79 Å². The number of benzene rings is 1. The standard InChI is InChI=1S/C16H24N2O/c1-12(13-7-4-3-5-8-13)18(2)16(19)14-9-6-10-15(17)11-14/h3-5,7-8,12,14-15H,6,9-11,17H2,1-2H3. The molecule has 1 aromatic rings. The summed E-state index contributed by atoms with van der Waals surface area (Å²) in [6.45, 7) is 2.08. The average Bonchev–Trinajstić information content (AvgIpc) is 2.46. The molecule has 1 fully saturated rings. The van der Waals surface area contributed by atoms with Crippen molar-refractivity contribution in [2.24, 2.45) is 11.7 Å². The van der Waals surface area contributed by atoms with Gasteiger partial charge < -0.3 is 10.6 Å². The van der Waals surface area contributed by atoms with Crippen molar-refractivity contribution in [3.63, 3.8) is 0 Å². The van der Waals surface area contributed by atoms with Crippen molar-refractivity contribution in [3.8, 4) is 0 Å². The van der Waals surface area contributed by atoms with Gasteiger partial charge in [-0.2, -0.15) is 0 Å². The molecule has 2 N–H and O–H groups in total. The van der Waals surface area contributed by atoms with E-state index in [4.69, 9.17) is 5.73 Å². The van der Waals surface area contributed by atoms with Crippen LogP contribution in [0.5, 0.6) is 0 Å². The maximum atomic E-state index is 12.5. The molecule has 3 unspecified atom stereocenters. The summed E-state index contributed by atoms with van der Waals surface area (Å²) in [6, 6.07) is 10.5. The summed E-state index contributed by atoms with van der Waals surface area (Å²) in [5.74, 6) is 0.353. The van der Waals surface area contributed by atoms with Gasteiger partial charge in [0.2, 0.25) is 5.91 Å². The maximum Gasteiger partial charge on any atom is 0.225 e. The van der Waals surface area contributed by atoms with Crippen molar-refractivity contribution < 1.29 is 4.79 Å². The molecule has 2 rings (SSSR count). The van der Waals surface area contributed by atoms with Crippen LogP contribution in [0, 0.1) is 5.92 Å². The van der Waals surface area contributed by atoms with Crippen molar-refractivity contribution in [2.75, 3.05) is 7.05 Å². The third-order valence-corrected chi connectivity index (χ3v) is 4.27. The molecule has 0 aliphatic heterocycles. The Kier molecular flexibility index (Phi) is 4.59. The zero-order valence-corrected chi connectivity index (χ0v) is 11.9. The lowest BCUT2D eigenvalue weighted by Gasteiger charge is -2.32. The minimum atomic E-state index is 0.111. The lowest BCUT2D eigenvalue weighted by molar-refractivity contribution is -0.137. The molecule has 0 radical (unpaired) electrons. The average molecular weight is 260 g/mol. The van der Waals surface area contributed by atoms with E-state index in [1.165, 1.54) is 5.56 Å². The van der Waals surface area contributed by atoms with Crippen molar-refractivity contribution in [1.29, 1.82) is 0 Å². The number of carbonyl (C=O) groups is 1. The second kappa shape index (κ2) is 6.20. The SMILES string of the molecule is CC(c1ccccc1)N(C)C(=O)C1CCCC(N)C1. The number of hydrogen-bond acceptors (Lipinski definition) is 2. The summed E-state index contributed by atoms with van der Waals surface area (Å²) in [7, 11) is 1.90. The van der Waals surface area contributed by atoms with E-state index in [1.807, 2.05) is 30.1 Å². The molecule has 1 saturated carbocycles. The quantitative estimate of drug-likeness (QED) is 0.908. The van der Waals surface area contributed by atoms with Crippen molar-refractivity contribution in [1.82, 2.24) is 4.90 Å². The van der Waals surface area contributed by atoms with Crippen LogP contribution in [0.2, 0.25) is 0 Å². The highest BCUT2D eigenvalue weighted by Crippen LogP contribution is 2.28. The molecule has 0 aromatic heterocycles. The van der Waals surface area contributed by atoms with Gasteiger partial charge in [0.1, 0.15) is 0 Å². The Bertz CT molecular complexity index is 418. The van der Waals surface area contributed by atoms with Gasteiger partial charge in [-0.1, -0.05) is 36.8 Å². The zero-order chi connectivity index (χ0) is 13.8. The van der Waals surface area contributed by atoms with Gasteiger partial charge in [-0.25, -0.2) is 0 Å². The van der Waals surface area contributed by atoms with E-state index in [1.54, 1.807) is 0 Å². The van der Waals surface area contributed by atoms with E-state index in [0.29, 0.717) is 0 Å². The Balaban J connectivity index is 2.02. The van der Waals surface area contributed by atoms with Crippen LogP contribution in [0.25, 0.3) is 0 Å². The lowest BCUT2D eigenvalue weighted by atomic mass is 9.85. The molecule has 3 nitrogen and oxygen atoms in total. The summed E-state index contributed by atoms with van der Waals surface area (Å²) in [5.41, 5.74) is 7.16. The third kappa shape index (κ3) is 3.35. The summed E-state index contributed by atoms with van der Waals surface area (Å²) >= 11 is 0. The Labute approximate surface area is 115 Å². The van der Waals surface area contributed by atoms with E-state index >= 15 is 0 Å². The highest BCUT2D eigenvalue weighted by molar-refractivity contribution is 5.79. The van der Waals surface area contributed by atoms with Gasteiger partial charge in [0.15, 0.2) is 0 Å². The largest absolute Gasteiger partial charge is 0.339 e. The van der Waals surface area contributed by atoms with Crippen LogP contribution in [0.1, 0.15) is 44.2 Å². The molecule has 3 heteroatoms. The van der Waals surface area contributed by atoms with Gasteiger partial charge in [-0.3, -0.25) is 4.79 Å². The van der Waals surface area contributed by atoms with Crippen LogP contribution in [0.15, 0.2) is 30.3 Å². The third-order valence-electron chi connectivity index (χ3n) is 4.27. The fourth-order valence-corrected chi connectivity index (χ4v) is 2.89. The van der Waals surface area contributed by atoms with E-state index in [9.17, 15) is 4.79 Å². The van der Waals surface area contributed by atoms with Crippen LogP contribution in [0.3, 0.4) is 0 Å². The predicted octanol–water partition coefficient (Wildman–Crippen LogP) is 2.72. The number of amides is 1. The topological polar surface area (TPSA) is 46.3 Å². The first-order chi connectivity index (χ1) is 9.09. The molecule has 104 valence electrons. The van der Waals surface area contributed by atoms with Gasteiger partial charge in [0.05, 0.1) is 6.04 Å². The second-order valence-electron chi connectivity index (χ2n) is 5.66. The summed E-state index contributed by atoms with van der Waals surface area (Å²) in [5, 5.41) is 0. The van der Waals surface area contributed by atoms with Crippen molar-refractivity contribution in [3.05, 3.63) is 35.9 Å². The fourth-order valence-electron chi connectivity index (χ4n) is 2.89. The van der Waals surface area contributed by atoms with Crippen LogP contribution in [-0.4, -0.2) is 23.9 Å². The lowest BCUT2D eigenvalue weighted by Crippen LogP contribution is -2.39. The molecular weight excluding hydrogens is 236 g/mol. The molecule has 19 heavy (non-hydrogen) atoms. The molecule has 0 saturated heterocycles. The summed E-state index contributed by atoms with van der Waals surface area (Å²) in [4.78, 5) is 14.4. The molecule has 1 aromatic carbocycles. The number of hydrogen-bond donors (Lipinski definition) is 1. The van der Waals surface area contributed by atoms with Crippen molar-refractivity contribution in [2.45, 2.75) is 44.7 Å². The molecule has 0 bridgehead atoms. The molecule has 3 atom stereocenters. The van der Waals surface area contributed by atoms with E-state index in [2.05, 4.69) is 19.1 Å². The summed E-state index contributed by atoms with van der Waals surface area (Å²) < 4.78 is 0. The number of nitrogens with two attached hydrogens (primary N) is 1. The fraction of sp³-hybridized carbons (Fsp3) is 0.562. The van der Waals surface area contributed by atoms with Gasteiger partial charge >= 0.3 is 0 Å². The smallest absolute Gasteiger partial charge is 0.225 e. The Morgan fingerprint density at radius 1 is 1.32 bits per heavy atom. The van der Waals surface area contributed by atoms with E-state index < -0.39 is 0 Å². The van der Waals surface area contributed by atoms with Crippen molar-refractivity contribution >= 4 is 5.91 Å². The van der Waals surface area contributed by atoms with E-state index in [-0.39, 0.29) is 23.9 Å². The van der Waals surface area contributed by atoms with Gasteiger partial charge in [0.25, 0.3) is 0 Å². The van der Waals surface area contributed by atoms with Crippen LogP contribution >= 0.6 is 0 Å². The minimum Gasteiger partial charge on any atom is -0.339 e. The number of carbonyl (C=O) groups excluding carboxylic acids is 1. The van der Waals surface area contributed by atoms with Gasteiger partial charge in [0, 0.05) is 19.0 Å². The molecule has 1 aliphatic rings.